The maximum Gasteiger partial charge on any atom is 0.305 e. The van der Waals surface area contributed by atoms with E-state index in [4.69, 9.17) is 22.1 Å². The van der Waals surface area contributed by atoms with Crippen LogP contribution in [0.4, 0.5) is 0 Å². The smallest absolute Gasteiger partial charge is 0.305 e. The average Bonchev–Trinajstić information content (AvgIpc) is 2.42. The minimum atomic E-state index is -0.184. The van der Waals surface area contributed by atoms with E-state index in [0.717, 1.165) is 24.8 Å². The van der Waals surface area contributed by atoms with Crippen molar-refractivity contribution >= 4 is 17.6 Å². The van der Waals surface area contributed by atoms with E-state index < -0.39 is 0 Å². The van der Waals surface area contributed by atoms with Crippen molar-refractivity contribution < 1.29 is 14.3 Å². The van der Waals surface area contributed by atoms with Gasteiger partial charge in [-0.05, 0) is 30.5 Å². The number of methoxy groups -OCH3 is 2. The van der Waals surface area contributed by atoms with Gasteiger partial charge in [0, 0.05) is 17.5 Å². The summed E-state index contributed by atoms with van der Waals surface area (Å²) in [5.41, 5.74) is 7.00. The van der Waals surface area contributed by atoms with Crippen LogP contribution in [0.5, 0.6) is 5.75 Å². The lowest BCUT2D eigenvalue weighted by molar-refractivity contribution is -0.140. The molecule has 0 heterocycles. The molecule has 0 aliphatic heterocycles. The summed E-state index contributed by atoms with van der Waals surface area (Å²) in [7, 11) is 2.99. The maximum absolute atomic E-state index is 11.0. The second-order valence-electron chi connectivity index (χ2n) is 4.32. The second-order valence-corrected chi connectivity index (χ2v) is 4.72. The standard InChI is InChI=1S/C14H20ClNO3/c1-18-10-7-8-11(12(15)9-10)13(16)5-3-4-6-14(17)19-2/h7-9,13H,3-6,16H2,1-2H3. The first-order valence-electron chi connectivity index (χ1n) is 6.24. The number of benzene rings is 1. The van der Waals surface area contributed by atoms with Crippen molar-refractivity contribution in [3.63, 3.8) is 0 Å². The lowest BCUT2D eigenvalue weighted by Crippen LogP contribution is -2.11. The van der Waals surface area contributed by atoms with E-state index in [1.807, 2.05) is 12.1 Å². The summed E-state index contributed by atoms with van der Waals surface area (Å²) in [5.74, 6) is 0.530. The number of hydrogen-bond acceptors (Lipinski definition) is 4. The highest BCUT2D eigenvalue weighted by Gasteiger charge is 2.11. The molecule has 0 fully saturated rings. The SMILES string of the molecule is COC(=O)CCCCC(N)c1ccc(OC)cc1Cl. The third kappa shape index (κ3) is 5.09. The Morgan fingerprint density at radius 2 is 2.11 bits per heavy atom. The number of hydrogen-bond donors (Lipinski definition) is 1. The number of carbonyl (C=O) groups excluding carboxylic acids is 1. The third-order valence-corrected chi connectivity index (χ3v) is 3.31. The highest BCUT2D eigenvalue weighted by molar-refractivity contribution is 6.31. The van der Waals surface area contributed by atoms with Crippen molar-refractivity contribution in [1.29, 1.82) is 0 Å². The van der Waals surface area contributed by atoms with E-state index in [-0.39, 0.29) is 12.0 Å². The lowest BCUT2D eigenvalue weighted by Gasteiger charge is -2.14. The Balaban J connectivity index is 2.45. The zero-order valence-electron chi connectivity index (χ0n) is 11.3. The number of esters is 1. The molecule has 0 aliphatic carbocycles. The lowest BCUT2D eigenvalue weighted by atomic mass is 10.0. The summed E-state index contributed by atoms with van der Waals surface area (Å²) in [6.07, 6.45) is 2.84. The van der Waals surface area contributed by atoms with Crippen LogP contribution in [0, 0.1) is 0 Å². The zero-order chi connectivity index (χ0) is 14.3. The van der Waals surface area contributed by atoms with E-state index in [1.165, 1.54) is 7.11 Å². The van der Waals surface area contributed by atoms with Gasteiger partial charge in [0.05, 0.1) is 14.2 Å². The largest absolute Gasteiger partial charge is 0.497 e. The number of halogens is 1. The Labute approximate surface area is 118 Å². The molecule has 1 rings (SSSR count). The molecular formula is C14H20ClNO3. The minimum Gasteiger partial charge on any atom is -0.497 e. The first-order valence-corrected chi connectivity index (χ1v) is 6.62. The molecule has 4 nitrogen and oxygen atoms in total. The van der Waals surface area contributed by atoms with Crippen molar-refractivity contribution in [2.75, 3.05) is 14.2 Å². The number of carbonyl (C=O) groups is 1. The second kappa shape index (κ2) is 8.02. The van der Waals surface area contributed by atoms with Gasteiger partial charge in [0.25, 0.3) is 0 Å². The quantitative estimate of drug-likeness (QED) is 0.618. The van der Waals surface area contributed by atoms with E-state index in [1.54, 1.807) is 13.2 Å². The van der Waals surface area contributed by atoms with E-state index >= 15 is 0 Å². The van der Waals surface area contributed by atoms with E-state index in [2.05, 4.69) is 4.74 Å². The van der Waals surface area contributed by atoms with Crippen molar-refractivity contribution in [2.45, 2.75) is 31.7 Å². The minimum absolute atomic E-state index is 0.129. The van der Waals surface area contributed by atoms with Crippen molar-refractivity contribution in [2.24, 2.45) is 5.73 Å². The van der Waals surface area contributed by atoms with Gasteiger partial charge in [0.15, 0.2) is 0 Å². The molecule has 1 atom stereocenters. The first-order chi connectivity index (χ1) is 9.08. The number of unbranched alkanes of at least 4 members (excludes halogenated alkanes) is 1. The Kier molecular flexibility index (Phi) is 6.67. The Morgan fingerprint density at radius 1 is 1.37 bits per heavy atom. The van der Waals surface area contributed by atoms with Gasteiger partial charge in [0.2, 0.25) is 0 Å². The molecule has 106 valence electrons. The highest BCUT2D eigenvalue weighted by Crippen LogP contribution is 2.28. The molecule has 5 heteroatoms. The van der Waals surface area contributed by atoms with Gasteiger partial charge in [-0.1, -0.05) is 24.1 Å². The van der Waals surface area contributed by atoms with Crippen LogP contribution in [-0.2, 0) is 9.53 Å². The first kappa shape index (κ1) is 15.8. The predicted octanol–water partition coefficient (Wildman–Crippen LogP) is 3.08. The summed E-state index contributed by atoms with van der Waals surface area (Å²) < 4.78 is 9.67. The van der Waals surface area contributed by atoms with Crippen LogP contribution in [0.15, 0.2) is 18.2 Å². The molecule has 1 aromatic rings. The van der Waals surface area contributed by atoms with Gasteiger partial charge in [-0.2, -0.15) is 0 Å². The van der Waals surface area contributed by atoms with E-state index in [0.29, 0.717) is 17.2 Å². The van der Waals surface area contributed by atoms with Gasteiger partial charge >= 0.3 is 5.97 Å². The molecule has 0 aliphatic rings. The third-order valence-electron chi connectivity index (χ3n) is 2.98. The molecule has 1 aromatic carbocycles. The van der Waals surface area contributed by atoms with Crippen LogP contribution < -0.4 is 10.5 Å². The van der Waals surface area contributed by atoms with Crippen LogP contribution in [0.25, 0.3) is 0 Å². The molecule has 1 unspecified atom stereocenters. The Bertz CT molecular complexity index is 423. The molecule has 0 bridgehead atoms. The van der Waals surface area contributed by atoms with Crippen LogP contribution >= 0.6 is 11.6 Å². The number of nitrogens with two attached hydrogens (primary N) is 1. The highest BCUT2D eigenvalue weighted by atomic mass is 35.5. The Hall–Kier alpha value is -1.26. The molecule has 0 spiro atoms. The molecule has 0 amide bonds. The van der Waals surface area contributed by atoms with Gasteiger partial charge in [-0.15, -0.1) is 0 Å². The fourth-order valence-electron chi connectivity index (χ4n) is 1.83. The fraction of sp³-hybridized carbons (Fsp3) is 0.500. The summed E-state index contributed by atoms with van der Waals surface area (Å²) in [6, 6.07) is 5.35. The van der Waals surface area contributed by atoms with Gasteiger partial charge in [-0.3, -0.25) is 4.79 Å². The molecular weight excluding hydrogens is 266 g/mol. The Morgan fingerprint density at radius 3 is 2.68 bits per heavy atom. The van der Waals surface area contributed by atoms with Gasteiger partial charge < -0.3 is 15.2 Å². The van der Waals surface area contributed by atoms with Gasteiger partial charge in [-0.25, -0.2) is 0 Å². The molecule has 19 heavy (non-hydrogen) atoms. The molecule has 0 aromatic heterocycles. The molecule has 0 saturated heterocycles. The molecule has 0 radical (unpaired) electrons. The zero-order valence-corrected chi connectivity index (χ0v) is 12.1. The van der Waals surface area contributed by atoms with Crippen LogP contribution in [-0.4, -0.2) is 20.2 Å². The summed E-state index contributed by atoms with van der Waals surface area (Å²) in [5, 5.41) is 0.611. The van der Waals surface area contributed by atoms with Crippen LogP contribution in [0.2, 0.25) is 5.02 Å². The van der Waals surface area contributed by atoms with Gasteiger partial charge in [0.1, 0.15) is 5.75 Å². The monoisotopic (exact) mass is 285 g/mol. The summed E-state index contributed by atoms with van der Waals surface area (Å²) >= 11 is 6.15. The summed E-state index contributed by atoms with van der Waals surface area (Å²) in [4.78, 5) is 11.0. The molecule has 0 saturated carbocycles. The summed E-state index contributed by atoms with van der Waals surface area (Å²) in [6.45, 7) is 0. The fourth-order valence-corrected chi connectivity index (χ4v) is 2.14. The number of ether oxygens (including phenoxy) is 2. The number of rotatable bonds is 7. The van der Waals surface area contributed by atoms with Crippen molar-refractivity contribution in [3.05, 3.63) is 28.8 Å². The predicted molar refractivity (Wildman–Crippen MR) is 75.4 cm³/mol. The van der Waals surface area contributed by atoms with Crippen LogP contribution in [0.1, 0.15) is 37.3 Å². The van der Waals surface area contributed by atoms with Crippen molar-refractivity contribution in [1.82, 2.24) is 0 Å². The van der Waals surface area contributed by atoms with Crippen molar-refractivity contribution in [3.8, 4) is 5.75 Å². The normalized spacial score (nSPS) is 12.0. The van der Waals surface area contributed by atoms with Crippen LogP contribution in [0.3, 0.4) is 0 Å². The molecule has 2 N–H and O–H groups in total. The van der Waals surface area contributed by atoms with E-state index in [9.17, 15) is 4.79 Å². The topological polar surface area (TPSA) is 61.5 Å². The maximum atomic E-state index is 11.0. The average molecular weight is 286 g/mol.